The molecule has 1 saturated carbocycles. The van der Waals surface area contributed by atoms with Gasteiger partial charge >= 0.3 is 12.0 Å². The van der Waals surface area contributed by atoms with E-state index in [1.54, 1.807) is 6.92 Å². The van der Waals surface area contributed by atoms with Crippen LogP contribution in [-0.2, 0) is 9.53 Å². The number of benzene rings is 1. The zero-order valence-electron chi connectivity index (χ0n) is 13.8. The number of allylic oxidation sites excluding steroid dienone is 1. The van der Waals surface area contributed by atoms with E-state index in [0.29, 0.717) is 17.2 Å². The molecule has 1 aliphatic carbocycles. The molecule has 0 spiro atoms. The van der Waals surface area contributed by atoms with Gasteiger partial charge in [0.15, 0.2) is 0 Å². The number of esters is 1. The number of nitrogens with one attached hydrogen (secondary N) is 2. The number of urea groups is 1. The van der Waals surface area contributed by atoms with Crippen molar-refractivity contribution in [3.05, 3.63) is 45.6 Å². The number of rotatable bonds is 3. The van der Waals surface area contributed by atoms with Crippen molar-refractivity contribution in [3.8, 4) is 0 Å². The second-order valence-corrected chi connectivity index (χ2v) is 7.39. The van der Waals surface area contributed by atoms with Gasteiger partial charge in [-0.25, -0.2) is 9.59 Å². The Morgan fingerprint density at radius 3 is 2.58 bits per heavy atom. The SMILES string of the molecule is CC1=C(C(=O)O[C@H]2CCC[C@H]2C)[C@@H](c2ccc(Br)cc2)NC(=O)N1. The second kappa shape index (κ2) is 6.97. The molecule has 3 atom stereocenters. The summed E-state index contributed by atoms with van der Waals surface area (Å²) < 4.78 is 6.69. The highest BCUT2D eigenvalue weighted by molar-refractivity contribution is 9.10. The van der Waals surface area contributed by atoms with Gasteiger partial charge in [-0.3, -0.25) is 0 Å². The molecule has 1 aromatic rings. The van der Waals surface area contributed by atoms with Gasteiger partial charge in [-0.15, -0.1) is 0 Å². The molecule has 0 radical (unpaired) electrons. The summed E-state index contributed by atoms with van der Waals surface area (Å²) in [6, 6.07) is 6.74. The fourth-order valence-corrected chi connectivity index (χ4v) is 3.62. The minimum atomic E-state index is -0.504. The van der Waals surface area contributed by atoms with Gasteiger partial charge in [0.1, 0.15) is 6.10 Å². The summed E-state index contributed by atoms with van der Waals surface area (Å²) in [6.45, 7) is 3.85. The Labute approximate surface area is 150 Å². The maximum absolute atomic E-state index is 12.8. The van der Waals surface area contributed by atoms with Crippen molar-refractivity contribution in [2.45, 2.75) is 45.3 Å². The largest absolute Gasteiger partial charge is 0.459 e. The lowest BCUT2D eigenvalue weighted by molar-refractivity contribution is -0.146. The molecule has 1 aromatic carbocycles. The van der Waals surface area contributed by atoms with Crippen LogP contribution in [0.3, 0.4) is 0 Å². The number of carbonyl (C=O) groups excluding carboxylic acids is 2. The average molecular weight is 393 g/mol. The monoisotopic (exact) mass is 392 g/mol. The number of hydrogen-bond acceptors (Lipinski definition) is 3. The third-order valence-corrected chi connectivity index (χ3v) is 5.26. The van der Waals surface area contributed by atoms with E-state index in [9.17, 15) is 9.59 Å². The van der Waals surface area contributed by atoms with Gasteiger partial charge in [-0.1, -0.05) is 35.0 Å². The van der Waals surface area contributed by atoms with Crippen molar-refractivity contribution in [1.82, 2.24) is 10.6 Å². The van der Waals surface area contributed by atoms with E-state index in [0.717, 1.165) is 29.3 Å². The molecule has 5 nitrogen and oxygen atoms in total. The van der Waals surface area contributed by atoms with E-state index in [1.807, 2.05) is 24.3 Å². The molecule has 0 unspecified atom stereocenters. The number of hydrogen-bond donors (Lipinski definition) is 2. The van der Waals surface area contributed by atoms with E-state index in [-0.39, 0.29) is 18.1 Å². The van der Waals surface area contributed by atoms with Gasteiger partial charge in [-0.05, 0) is 49.8 Å². The summed E-state index contributed by atoms with van der Waals surface area (Å²) in [7, 11) is 0. The highest BCUT2D eigenvalue weighted by Gasteiger charge is 2.35. The van der Waals surface area contributed by atoms with Crippen molar-refractivity contribution < 1.29 is 14.3 Å². The number of amides is 2. The van der Waals surface area contributed by atoms with Crippen LogP contribution in [0.1, 0.15) is 44.7 Å². The van der Waals surface area contributed by atoms with E-state index < -0.39 is 6.04 Å². The van der Waals surface area contributed by atoms with Crippen LogP contribution in [0.15, 0.2) is 40.0 Å². The summed E-state index contributed by atoms with van der Waals surface area (Å²) in [5.74, 6) is 0.0267. The Morgan fingerprint density at radius 1 is 1.25 bits per heavy atom. The number of halogens is 1. The zero-order valence-corrected chi connectivity index (χ0v) is 15.4. The zero-order chi connectivity index (χ0) is 17.3. The van der Waals surface area contributed by atoms with Crippen molar-refractivity contribution in [3.63, 3.8) is 0 Å². The second-order valence-electron chi connectivity index (χ2n) is 6.47. The summed E-state index contributed by atoms with van der Waals surface area (Å²) in [4.78, 5) is 24.7. The number of ether oxygens (including phenoxy) is 1. The molecular weight excluding hydrogens is 372 g/mol. The highest BCUT2D eigenvalue weighted by atomic mass is 79.9. The van der Waals surface area contributed by atoms with Gasteiger partial charge in [0.05, 0.1) is 11.6 Å². The summed E-state index contributed by atoms with van der Waals surface area (Å²) >= 11 is 3.40. The smallest absolute Gasteiger partial charge is 0.338 e. The normalized spacial score (nSPS) is 26.8. The molecule has 0 bridgehead atoms. The molecule has 3 rings (SSSR count). The van der Waals surface area contributed by atoms with E-state index in [4.69, 9.17) is 4.74 Å². The first-order valence-electron chi connectivity index (χ1n) is 8.20. The lowest BCUT2D eigenvalue weighted by Gasteiger charge is -2.29. The van der Waals surface area contributed by atoms with Gasteiger partial charge in [0.25, 0.3) is 0 Å². The van der Waals surface area contributed by atoms with Crippen molar-refractivity contribution in [2.75, 3.05) is 0 Å². The van der Waals surface area contributed by atoms with E-state index >= 15 is 0 Å². The topological polar surface area (TPSA) is 67.4 Å². The Balaban J connectivity index is 1.88. The first-order valence-corrected chi connectivity index (χ1v) is 8.99. The van der Waals surface area contributed by atoms with Crippen LogP contribution in [0.5, 0.6) is 0 Å². The van der Waals surface area contributed by atoms with Gasteiger partial charge in [0, 0.05) is 10.2 Å². The van der Waals surface area contributed by atoms with Crippen LogP contribution in [0.2, 0.25) is 0 Å². The molecule has 2 amide bonds. The molecule has 1 heterocycles. The maximum Gasteiger partial charge on any atom is 0.338 e. The van der Waals surface area contributed by atoms with Crippen LogP contribution < -0.4 is 10.6 Å². The predicted octanol–water partition coefficient (Wildman–Crippen LogP) is 3.81. The quantitative estimate of drug-likeness (QED) is 0.768. The van der Waals surface area contributed by atoms with Crippen LogP contribution in [0, 0.1) is 5.92 Å². The minimum absolute atomic E-state index is 0.0407. The molecular formula is C18H21BrN2O3. The highest BCUT2D eigenvalue weighted by Crippen LogP contribution is 2.32. The predicted molar refractivity (Wildman–Crippen MR) is 94.1 cm³/mol. The summed E-state index contributed by atoms with van der Waals surface area (Å²) in [6.07, 6.45) is 3.03. The fourth-order valence-electron chi connectivity index (χ4n) is 3.36. The van der Waals surface area contributed by atoms with Crippen molar-refractivity contribution in [2.24, 2.45) is 5.92 Å². The third kappa shape index (κ3) is 3.48. The van der Waals surface area contributed by atoms with Crippen molar-refractivity contribution >= 4 is 27.9 Å². The Hall–Kier alpha value is -1.82. The van der Waals surface area contributed by atoms with Crippen LogP contribution in [0.4, 0.5) is 4.79 Å². The third-order valence-electron chi connectivity index (χ3n) is 4.73. The Bertz CT molecular complexity index is 684. The molecule has 0 aromatic heterocycles. The average Bonchev–Trinajstić information content (AvgIpc) is 2.92. The van der Waals surface area contributed by atoms with Gasteiger partial charge in [-0.2, -0.15) is 0 Å². The molecule has 1 fully saturated rings. The standard InChI is InChI=1S/C18H21BrN2O3/c1-10-4-3-5-14(10)24-17(22)15-11(2)20-18(23)21-16(15)12-6-8-13(19)9-7-12/h6-10,14,16H,3-5H2,1-2H3,(H2,20,21,23)/t10-,14+,16-/m1/s1. The minimum Gasteiger partial charge on any atom is -0.459 e. The lowest BCUT2D eigenvalue weighted by atomic mass is 9.95. The fraction of sp³-hybridized carbons (Fsp3) is 0.444. The summed E-state index contributed by atoms with van der Waals surface area (Å²) in [5.41, 5.74) is 1.86. The first-order chi connectivity index (χ1) is 11.5. The Morgan fingerprint density at radius 2 is 1.96 bits per heavy atom. The summed E-state index contributed by atoms with van der Waals surface area (Å²) in [5, 5.41) is 5.50. The Kier molecular flexibility index (Phi) is 4.94. The molecule has 0 saturated heterocycles. The van der Waals surface area contributed by atoms with Crippen LogP contribution >= 0.6 is 15.9 Å². The molecule has 24 heavy (non-hydrogen) atoms. The molecule has 6 heteroatoms. The van der Waals surface area contributed by atoms with Crippen LogP contribution in [-0.4, -0.2) is 18.1 Å². The molecule has 2 N–H and O–H groups in total. The molecule has 2 aliphatic rings. The van der Waals surface area contributed by atoms with E-state index in [1.165, 1.54) is 0 Å². The molecule has 128 valence electrons. The number of carbonyl (C=O) groups is 2. The first kappa shape index (κ1) is 17.0. The maximum atomic E-state index is 12.8. The molecule has 1 aliphatic heterocycles. The van der Waals surface area contributed by atoms with Gasteiger partial charge in [0.2, 0.25) is 0 Å². The van der Waals surface area contributed by atoms with E-state index in [2.05, 4.69) is 33.5 Å². The van der Waals surface area contributed by atoms with Crippen molar-refractivity contribution in [1.29, 1.82) is 0 Å². The van der Waals surface area contributed by atoms with Gasteiger partial charge < -0.3 is 15.4 Å². The lowest BCUT2D eigenvalue weighted by Crippen LogP contribution is -2.45. The van der Waals surface area contributed by atoms with Crippen LogP contribution in [0.25, 0.3) is 0 Å².